The predicted octanol–water partition coefficient (Wildman–Crippen LogP) is 2.06. The molecule has 20 heavy (non-hydrogen) atoms. The van der Waals surface area contributed by atoms with E-state index in [0.717, 1.165) is 19.3 Å². The number of aryl methyl sites for hydroxylation is 1. The Bertz CT molecular complexity index is 570. The summed E-state index contributed by atoms with van der Waals surface area (Å²) in [5.74, 6) is -0.719. The SMILES string of the molecule is Cc1ccc(F)c(S(=O)(=O)N(CCCO)C2CCC2)c1. The van der Waals surface area contributed by atoms with Crippen molar-refractivity contribution in [1.82, 2.24) is 4.31 Å². The van der Waals surface area contributed by atoms with Crippen molar-refractivity contribution in [3.63, 3.8) is 0 Å². The lowest BCUT2D eigenvalue weighted by Crippen LogP contribution is -2.45. The van der Waals surface area contributed by atoms with Crippen molar-refractivity contribution in [1.29, 1.82) is 0 Å². The Balaban J connectivity index is 2.36. The van der Waals surface area contributed by atoms with Gasteiger partial charge in [-0.2, -0.15) is 4.31 Å². The van der Waals surface area contributed by atoms with Crippen molar-refractivity contribution >= 4 is 10.0 Å². The Labute approximate surface area is 119 Å². The molecule has 0 spiro atoms. The maximum atomic E-state index is 13.9. The van der Waals surface area contributed by atoms with Gasteiger partial charge in [0.1, 0.15) is 10.7 Å². The highest BCUT2D eigenvalue weighted by molar-refractivity contribution is 7.89. The van der Waals surface area contributed by atoms with Crippen LogP contribution < -0.4 is 0 Å². The third kappa shape index (κ3) is 3.02. The number of halogens is 1. The summed E-state index contributed by atoms with van der Waals surface area (Å²) in [5.41, 5.74) is 0.709. The van der Waals surface area contributed by atoms with Crippen LogP contribution in [-0.4, -0.2) is 37.0 Å². The normalized spacial score (nSPS) is 16.4. The highest BCUT2D eigenvalue weighted by Crippen LogP contribution is 2.31. The number of sulfonamides is 1. The van der Waals surface area contributed by atoms with Crippen LogP contribution in [0, 0.1) is 12.7 Å². The molecule has 1 fully saturated rings. The molecule has 0 heterocycles. The molecule has 1 aliphatic carbocycles. The monoisotopic (exact) mass is 301 g/mol. The average molecular weight is 301 g/mol. The second kappa shape index (κ2) is 6.20. The summed E-state index contributed by atoms with van der Waals surface area (Å²) in [6.07, 6.45) is 2.96. The molecule has 0 amide bonds. The molecule has 1 aliphatic rings. The van der Waals surface area contributed by atoms with Gasteiger partial charge in [-0.15, -0.1) is 0 Å². The maximum absolute atomic E-state index is 13.9. The van der Waals surface area contributed by atoms with Gasteiger partial charge in [-0.1, -0.05) is 12.5 Å². The lowest BCUT2D eigenvalue weighted by atomic mass is 9.93. The molecular weight excluding hydrogens is 281 g/mol. The van der Waals surface area contributed by atoms with Gasteiger partial charge in [0.25, 0.3) is 0 Å². The highest BCUT2D eigenvalue weighted by atomic mass is 32.2. The van der Waals surface area contributed by atoms with Gasteiger partial charge < -0.3 is 5.11 Å². The zero-order chi connectivity index (χ0) is 14.8. The summed E-state index contributed by atoms with van der Waals surface area (Å²) >= 11 is 0. The van der Waals surface area contributed by atoms with Crippen molar-refractivity contribution in [2.45, 2.75) is 43.5 Å². The molecule has 1 N–H and O–H groups in total. The van der Waals surface area contributed by atoms with Gasteiger partial charge >= 0.3 is 0 Å². The van der Waals surface area contributed by atoms with Crippen LogP contribution in [0.1, 0.15) is 31.2 Å². The molecule has 0 unspecified atom stereocenters. The highest BCUT2D eigenvalue weighted by Gasteiger charge is 2.35. The largest absolute Gasteiger partial charge is 0.396 e. The minimum Gasteiger partial charge on any atom is -0.396 e. The van der Waals surface area contributed by atoms with E-state index in [1.807, 2.05) is 0 Å². The smallest absolute Gasteiger partial charge is 0.246 e. The summed E-state index contributed by atoms with van der Waals surface area (Å²) in [4.78, 5) is -0.262. The zero-order valence-electron chi connectivity index (χ0n) is 11.5. The third-order valence-electron chi connectivity index (χ3n) is 3.69. The fourth-order valence-electron chi connectivity index (χ4n) is 2.33. The predicted molar refractivity (Wildman–Crippen MR) is 74.4 cm³/mol. The molecule has 0 atom stereocenters. The first-order valence-corrected chi connectivity index (χ1v) is 8.29. The van der Waals surface area contributed by atoms with Crippen molar-refractivity contribution in [2.24, 2.45) is 0 Å². The summed E-state index contributed by atoms with van der Waals surface area (Å²) in [6.45, 7) is 1.89. The fraction of sp³-hybridized carbons (Fsp3) is 0.571. The van der Waals surface area contributed by atoms with Gasteiger partial charge in [-0.05, 0) is 43.9 Å². The van der Waals surface area contributed by atoms with E-state index in [4.69, 9.17) is 5.11 Å². The summed E-state index contributed by atoms with van der Waals surface area (Å²) in [5, 5.41) is 8.93. The molecule has 0 saturated heterocycles. The van der Waals surface area contributed by atoms with Gasteiger partial charge in [0.15, 0.2) is 0 Å². The van der Waals surface area contributed by atoms with E-state index in [2.05, 4.69) is 0 Å². The van der Waals surface area contributed by atoms with Gasteiger partial charge in [0.05, 0.1) is 0 Å². The van der Waals surface area contributed by atoms with Crippen LogP contribution in [-0.2, 0) is 10.0 Å². The number of hydrogen-bond donors (Lipinski definition) is 1. The molecule has 1 aromatic rings. The van der Waals surface area contributed by atoms with Gasteiger partial charge in [0, 0.05) is 19.2 Å². The van der Waals surface area contributed by atoms with Crippen molar-refractivity contribution < 1.29 is 17.9 Å². The van der Waals surface area contributed by atoms with Crippen molar-refractivity contribution in [2.75, 3.05) is 13.2 Å². The van der Waals surface area contributed by atoms with Crippen LogP contribution in [0.5, 0.6) is 0 Å². The molecule has 0 radical (unpaired) electrons. The van der Waals surface area contributed by atoms with E-state index in [-0.39, 0.29) is 24.1 Å². The molecular formula is C14H20FNO3S. The topological polar surface area (TPSA) is 57.6 Å². The Morgan fingerprint density at radius 1 is 1.40 bits per heavy atom. The molecule has 2 rings (SSSR count). The Kier molecular flexibility index (Phi) is 4.78. The van der Waals surface area contributed by atoms with E-state index in [1.165, 1.54) is 16.4 Å². The second-order valence-corrected chi connectivity index (χ2v) is 7.07. The van der Waals surface area contributed by atoms with E-state index in [0.29, 0.717) is 12.0 Å². The first kappa shape index (κ1) is 15.4. The van der Waals surface area contributed by atoms with E-state index < -0.39 is 15.8 Å². The van der Waals surface area contributed by atoms with Crippen molar-refractivity contribution in [3.05, 3.63) is 29.6 Å². The lowest BCUT2D eigenvalue weighted by Gasteiger charge is -2.36. The number of nitrogens with zero attached hydrogens (tertiary/aromatic N) is 1. The molecule has 0 aromatic heterocycles. The molecule has 6 heteroatoms. The average Bonchev–Trinajstić information content (AvgIpc) is 2.34. The van der Waals surface area contributed by atoms with Crippen LogP contribution in [0.2, 0.25) is 0 Å². The third-order valence-corrected chi connectivity index (χ3v) is 5.66. The number of aliphatic hydroxyl groups excluding tert-OH is 1. The first-order chi connectivity index (χ1) is 9.46. The molecule has 0 aliphatic heterocycles. The first-order valence-electron chi connectivity index (χ1n) is 6.85. The summed E-state index contributed by atoms with van der Waals surface area (Å²) in [6, 6.07) is 4.05. The Morgan fingerprint density at radius 2 is 2.10 bits per heavy atom. The standard InChI is InChI=1S/C14H20FNO3S/c1-11-6-7-13(15)14(10-11)20(18,19)16(8-3-9-17)12-4-2-5-12/h6-7,10,12,17H,2-5,8-9H2,1H3. The molecule has 4 nitrogen and oxygen atoms in total. The lowest BCUT2D eigenvalue weighted by molar-refractivity contribution is 0.198. The molecule has 1 aromatic carbocycles. The number of aliphatic hydroxyl groups is 1. The summed E-state index contributed by atoms with van der Waals surface area (Å²) in [7, 11) is -3.84. The number of hydrogen-bond acceptors (Lipinski definition) is 3. The molecule has 0 bridgehead atoms. The van der Waals surface area contributed by atoms with Crippen LogP contribution >= 0.6 is 0 Å². The van der Waals surface area contributed by atoms with Crippen LogP contribution in [0.15, 0.2) is 23.1 Å². The Hall–Kier alpha value is -0.980. The van der Waals surface area contributed by atoms with Crippen LogP contribution in [0.3, 0.4) is 0 Å². The van der Waals surface area contributed by atoms with Crippen molar-refractivity contribution in [3.8, 4) is 0 Å². The van der Waals surface area contributed by atoms with Crippen LogP contribution in [0.25, 0.3) is 0 Å². The van der Waals surface area contributed by atoms with Crippen LogP contribution in [0.4, 0.5) is 4.39 Å². The molecule has 112 valence electrons. The van der Waals surface area contributed by atoms with E-state index in [9.17, 15) is 12.8 Å². The quantitative estimate of drug-likeness (QED) is 0.875. The minimum absolute atomic E-state index is 0.0635. The van der Waals surface area contributed by atoms with E-state index >= 15 is 0 Å². The molecule has 1 saturated carbocycles. The van der Waals surface area contributed by atoms with Gasteiger partial charge in [0.2, 0.25) is 10.0 Å². The Morgan fingerprint density at radius 3 is 2.65 bits per heavy atom. The van der Waals surface area contributed by atoms with E-state index in [1.54, 1.807) is 13.0 Å². The number of rotatable bonds is 6. The minimum atomic E-state index is -3.84. The maximum Gasteiger partial charge on any atom is 0.246 e. The zero-order valence-corrected chi connectivity index (χ0v) is 12.4. The summed E-state index contributed by atoms with van der Waals surface area (Å²) < 4.78 is 40.5. The van der Waals surface area contributed by atoms with Gasteiger partial charge in [-0.25, -0.2) is 12.8 Å². The second-order valence-electron chi connectivity index (χ2n) is 5.21. The number of benzene rings is 1. The fourth-order valence-corrected chi connectivity index (χ4v) is 4.21. The van der Waals surface area contributed by atoms with Gasteiger partial charge in [-0.3, -0.25) is 0 Å².